The number of nitrogens with zero attached hydrogens (tertiary/aromatic N) is 2. The van der Waals surface area contributed by atoms with Crippen molar-refractivity contribution >= 4 is 40.5 Å². The van der Waals surface area contributed by atoms with Gasteiger partial charge in [0.15, 0.2) is 0 Å². The summed E-state index contributed by atoms with van der Waals surface area (Å²) in [5.74, 6) is -1.05. The number of fused-ring (bicyclic) bond motifs is 1. The minimum Gasteiger partial charge on any atom is -0.337 e. The number of carbonyl (C=O) groups is 3. The molecule has 1 aliphatic rings. The molecule has 0 radical (unpaired) electrons. The van der Waals surface area contributed by atoms with E-state index in [-0.39, 0.29) is 30.5 Å². The first kappa shape index (κ1) is 23.0. The lowest BCUT2D eigenvalue weighted by Gasteiger charge is -2.11. The highest BCUT2D eigenvalue weighted by atomic mass is 19.1. The molecule has 7 nitrogen and oxygen atoms in total. The van der Waals surface area contributed by atoms with E-state index < -0.39 is 11.9 Å². The summed E-state index contributed by atoms with van der Waals surface area (Å²) in [6.07, 6.45) is 3.40. The average molecular weight is 483 g/mol. The first-order valence-electron chi connectivity index (χ1n) is 11.4. The van der Waals surface area contributed by atoms with Crippen molar-refractivity contribution in [2.45, 2.75) is 20.0 Å². The first-order chi connectivity index (χ1) is 17.4. The standard InChI is InChI=1S/C28H23FN4O3/c1-18-6-12-22(13-7-18)30-26(34)17-32-16-20(23-4-2-3-5-25(23)32)14-24-27(35)33(28(36)31-24)15-19-8-10-21(29)11-9-19/h2-14,16H,15,17H2,1H3,(H,30,34)(H,31,36)/b24-14+. The third-order valence-electron chi connectivity index (χ3n) is 5.98. The molecule has 1 aromatic heterocycles. The summed E-state index contributed by atoms with van der Waals surface area (Å²) in [6.45, 7) is 2.09. The molecule has 4 amide bonds. The number of halogens is 1. The van der Waals surface area contributed by atoms with Crippen LogP contribution in [0.25, 0.3) is 17.0 Å². The Labute approximate surface area is 206 Å². The molecule has 5 rings (SSSR count). The van der Waals surface area contributed by atoms with E-state index in [0.717, 1.165) is 21.4 Å². The van der Waals surface area contributed by atoms with Gasteiger partial charge in [0.05, 0.1) is 6.54 Å². The molecule has 0 bridgehead atoms. The molecule has 2 N–H and O–H groups in total. The molecule has 3 aromatic carbocycles. The molecule has 180 valence electrons. The van der Waals surface area contributed by atoms with Crippen molar-refractivity contribution in [2.24, 2.45) is 0 Å². The van der Waals surface area contributed by atoms with E-state index in [0.29, 0.717) is 16.8 Å². The number of hydrogen-bond donors (Lipinski definition) is 2. The average Bonchev–Trinajstić information content (AvgIpc) is 3.33. The number of aryl methyl sites for hydroxylation is 1. The maximum atomic E-state index is 13.2. The van der Waals surface area contributed by atoms with Crippen LogP contribution in [-0.2, 0) is 22.7 Å². The van der Waals surface area contributed by atoms with Crippen LogP contribution in [0.15, 0.2) is 84.7 Å². The molecule has 1 aliphatic heterocycles. The fourth-order valence-electron chi connectivity index (χ4n) is 4.16. The maximum absolute atomic E-state index is 13.2. The molecular formula is C28H23FN4O3. The summed E-state index contributed by atoms with van der Waals surface area (Å²) in [5.41, 5.74) is 4.10. The quantitative estimate of drug-likeness (QED) is 0.305. The molecule has 0 unspecified atom stereocenters. The molecule has 8 heteroatoms. The fraction of sp³-hybridized carbons (Fsp3) is 0.107. The van der Waals surface area contributed by atoms with Crippen LogP contribution in [0.5, 0.6) is 0 Å². The zero-order valence-electron chi connectivity index (χ0n) is 19.5. The van der Waals surface area contributed by atoms with Crippen molar-refractivity contribution < 1.29 is 18.8 Å². The van der Waals surface area contributed by atoms with E-state index in [2.05, 4.69) is 10.6 Å². The van der Waals surface area contributed by atoms with Gasteiger partial charge in [-0.25, -0.2) is 9.18 Å². The number of aromatic nitrogens is 1. The minimum absolute atomic E-state index is 0.0310. The first-order valence-corrected chi connectivity index (χ1v) is 11.4. The third kappa shape index (κ3) is 4.74. The Morgan fingerprint density at radius 1 is 1.00 bits per heavy atom. The predicted molar refractivity (Wildman–Crippen MR) is 135 cm³/mol. The van der Waals surface area contributed by atoms with Crippen LogP contribution < -0.4 is 10.6 Å². The van der Waals surface area contributed by atoms with Crippen molar-refractivity contribution in [3.63, 3.8) is 0 Å². The lowest BCUT2D eigenvalue weighted by molar-refractivity contribution is -0.123. The van der Waals surface area contributed by atoms with E-state index in [4.69, 9.17) is 0 Å². The predicted octanol–water partition coefficient (Wildman–Crippen LogP) is 4.82. The molecule has 2 heterocycles. The Hall–Kier alpha value is -4.72. The van der Waals surface area contributed by atoms with Gasteiger partial charge in [-0.3, -0.25) is 14.5 Å². The summed E-state index contributed by atoms with van der Waals surface area (Å²) in [4.78, 5) is 39.2. The largest absolute Gasteiger partial charge is 0.337 e. The van der Waals surface area contributed by atoms with Crippen molar-refractivity contribution in [1.29, 1.82) is 0 Å². The van der Waals surface area contributed by atoms with Gasteiger partial charge in [0, 0.05) is 28.4 Å². The summed E-state index contributed by atoms with van der Waals surface area (Å²) < 4.78 is 15.0. The Morgan fingerprint density at radius 3 is 2.47 bits per heavy atom. The van der Waals surface area contributed by atoms with Crippen LogP contribution in [0, 0.1) is 12.7 Å². The van der Waals surface area contributed by atoms with Crippen LogP contribution in [0.3, 0.4) is 0 Å². The lowest BCUT2D eigenvalue weighted by atomic mass is 10.1. The smallest absolute Gasteiger partial charge is 0.329 e. The van der Waals surface area contributed by atoms with Gasteiger partial charge in [-0.15, -0.1) is 0 Å². The normalized spacial score (nSPS) is 14.5. The fourth-order valence-corrected chi connectivity index (χ4v) is 4.16. The number of carbonyl (C=O) groups excluding carboxylic acids is 3. The monoisotopic (exact) mass is 482 g/mol. The van der Waals surface area contributed by atoms with Gasteiger partial charge in [0.25, 0.3) is 5.91 Å². The number of nitrogens with one attached hydrogen (secondary N) is 2. The van der Waals surface area contributed by atoms with E-state index in [1.807, 2.05) is 60.0 Å². The maximum Gasteiger partial charge on any atom is 0.329 e. The van der Waals surface area contributed by atoms with Gasteiger partial charge >= 0.3 is 6.03 Å². The van der Waals surface area contributed by atoms with Gasteiger partial charge in [-0.1, -0.05) is 48.0 Å². The van der Waals surface area contributed by atoms with Crippen molar-refractivity contribution in [3.8, 4) is 0 Å². The second-order valence-electron chi connectivity index (χ2n) is 8.65. The van der Waals surface area contributed by atoms with Crippen LogP contribution in [0.2, 0.25) is 0 Å². The summed E-state index contributed by atoms with van der Waals surface area (Å²) in [7, 11) is 0. The number of imide groups is 1. The van der Waals surface area contributed by atoms with Gasteiger partial charge in [0.1, 0.15) is 18.1 Å². The van der Waals surface area contributed by atoms with E-state index in [9.17, 15) is 18.8 Å². The van der Waals surface area contributed by atoms with E-state index in [1.165, 1.54) is 24.3 Å². The summed E-state index contributed by atoms with van der Waals surface area (Å²) in [5, 5.41) is 6.36. The van der Waals surface area contributed by atoms with Gasteiger partial charge in [0.2, 0.25) is 5.91 Å². The van der Waals surface area contributed by atoms with Crippen molar-refractivity contribution in [2.75, 3.05) is 5.32 Å². The second-order valence-corrected chi connectivity index (χ2v) is 8.65. The minimum atomic E-state index is -0.545. The number of amides is 4. The molecule has 4 aromatic rings. The topological polar surface area (TPSA) is 83.4 Å². The highest BCUT2D eigenvalue weighted by Crippen LogP contribution is 2.25. The Bertz CT molecular complexity index is 1500. The third-order valence-corrected chi connectivity index (χ3v) is 5.98. The summed E-state index contributed by atoms with van der Waals surface area (Å²) >= 11 is 0. The molecule has 0 atom stereocenters. The van der Waals surface area contributed by atoms with Gasteiger partial charge < -0.3 is 15.2 Å². The zero-order valence-corrected chi connectivity index (χ0v) is 19.5. The van der Waals surface area contributed by atoms with Gasteiger partial charge in [-0.2, -0.15) is 0 Å². The molecule has 0 spiro atoms. The number of benzene rings is 3. The molecule has 1 fully saturated rings. The van der Waals surface area contributed by atoms with Crippen LogP contribution >= 0.6 is 0 Å². The Morgan fingerprint density at radius 2 is 1.72 bits per heavy atom. The van der Waals surface area contributed by atoms with Crippen LogP contribution in [0.4, 0.5) is 14.9 Å². The number of urea groups is 1. The number of anilines is 1. The highest BCUT2D eigenvalue weighted by molar-refractivity contribution is 6.14. The van der Waals surface area contributed by atoms with Crippen LogP contribution in [0.1, 0.15) is 16.7 Å². The van der Waals surface area contributed by atoms with Gasteiger partial charge in [-0.05, 0) is 48.9 Å². The van der Waals surface area contributed by atoms with Crippen molar-refractivity contribution in [1.82, 2.24) is 14.8 Å². The Balaban J connectivity index is 1.38. The number of hydrogen-bond acceptors (Lipinski definition) is 3. The second kappa shape index (κ2) is 9.50. The zero-order chi connectivity index (χ0) is 25.2. The molecule has 0 saturated carbocycles. The molecule has 36 heavy (non-hydrogen) atoms. The number of para-hydroxylation sites is 1. The van der Waals surface area contributed by atoms with Crippen molar-refractivity contribution in [3.05, 3.63) is 107 Å². The highest BCUT2D eigenvalue weighted by Gasteiger charge is 2.33. The molecular weight excluding hydrogens is 459 g/mol. The molecule has 1 saturated heterocycles. The van der Waals surface area contributed by atoms with Crippen LogP contribution in [-0.4, -0.2) is 27.3 Å². The van der Waals surface area contributed by atoms with E-state index >= 15 is 0 Å². The van der Waals surface area contributed by atoms with E-state index in [1.54, 1.807) is 12.3 Å². The number of rotatable bonds is 6. The lowest BCUT2D eigenvalue weighted by Crippen LogP contribution is -2.30. The SMILES string of the molecule is Cc1ccc(NC(=O)Cn2cc(/C=C3/NC(=O)N(Cc4ccc(F)cc4)C3=O)c3ccccc32)cc1. The molecule has 0 aliphatic carbocycles. The summed E-state index contributed by atoms with van der Waals surface area (Å²) in [6, 6.07) is 20.2. The Kier molecular flexibility index (Phi) is 6.08.